The van der Waals surface area contributed by atoms with Gasteiger partial charge in [-0.25, -0.2) is 4.39 Å². The molecule has 25 heavy (non-hydrogen) atoms. The van der Waals surface area contributed by atoms with Crippen molar-refractivity contribution in [2.75, 3.05) is 18.4 Å². The molecular formula is C19H18ClFN2O2. The topological polar surface area (TPSA) is 49.4 Å². The Morgan fingerprint density at radius 2 is 1.72 bits per heavy atom. The second-order valence-electron chi connectivity index (χ2n) is 5.98. The fourth-order valence-electron chi connectivity index (χ4n) is 2.91. The average molecular weight is 361 g/mol. The first-order valence-electron chi connectivity index (χ1n) is 8.21. The van der Waals surface area contributed by atoms with E-state index in [0.29, 0.717) is 24.3 Å². The van der Waals surface area contributed by atoms with Crippen LogP contribution < -0.4 is 5.32 Å². The van der Waals surface area contributed by atoms with E-state index in [4.69, 9.17) is 11.6 Å². The second-order valence-corrected chi connectivity index (χ2v) is 6.41. The molecule has 0 saturated carbocycles. The molecule has 130 valence electrons. The molecule has 0 aliphatic carbocycles. The van der Waals surface area contributed by atoms with Crippen molar-refractivity contribution < 1.29 is 14.0 Å². The Kier molecular flexibility index (Phi) is 5.34. The van der Waals surface area contributed by atoms with Crippen molar-refractivity contribution in [2.45, 2.75) is 19.3 Å². The summed E-state index contributed by atoms with van der Waals surface area (Å²) in [4.78, 5) is 26.9. The van der Waals surface area contributed by atoms with Crippen LogP contribution in [-0.2, 0) is 0 Å². The van der Waals surface area contributed by atoms with E-state index < -0.39 is 11.7 Å². The molecule has 2 amide bonds. The molecule has 0 spiro atoms. The van der Waals surface area contributed by atoms with Gasteiger partial charge in [-0.1, -0.05) is 23.7 Å². The number of carbonyl (C=O) groups is 2. The van der Waals surface area contributed by atoms with Crippen LogP contribution in [0.25, 0.3) is 0 Å². The van der Waals surface area contributed by atoms with Gasteiger partial charge >= 0.3 is 0 Å². The van der Waals surface area contributed by atoms with Gasteiger partial charge in [0.05, 0.1) is 16.8 Å². The van der Waals surface area contributed by atoms with Gasteiger partial charge in [-0.15, -0.1) is 0 Å². The van der Waals surface area contributed by atoms with Crippen LogP contribution in [0.5, 0.6) is 0 Å². The zero-order chi connectivity index (χ0) is 17.8. The zero-order valence-corrected chi connectivity index (χ0v) is 14.4. The predicted octanol–water partition coefficient (Wildman–Crippen LogP) is 4.36. The van der Waals surface area contributed by atoms with E-state index >= 15 is 0 Å². The molecule has 3 rings (SSSR count). The number of para-hydroxylation sites is 1. The lowest BCUT2D eigenvalue weighted by Crippen LogP contribution is -2.36. The number of anilines is 1. The molecule has 6 heteroatoms. The highest BCUT2D eigenvalue weighted by Gasteiger charge is 2.22. The third-order valence-corrected chi connectivity index (χ3v) is 4.46. The number of nitrogens with zero attached hydrogens (tertiary/aromatic N) is 1. The molecule has 0 bridgehead atoms. The summed E-state index contributed by atoms with van der Waals surface area (Å²) in [6.45, 7) is 1.43. The van der Waals surface area contributed by atoms with Crippen molar-refractivity contribution in [1.29, 1.82) is 0 Å². The number of halogens is 2. The maximum atomic E-state index is 13.9. The lowest BCUT2D eigenvalue weighted by molar-refractivity contribution is 0.0725. The Bertz CT molecular complexity index is 804. The van der Waals surface area contributed by atoms with E-state index in [-0.39, 0.29) is 16.5 Å². The molecule has 0 unspecified atom stereocenters. The summed E-state index contributed by atoms with van der Waals surface area (Å²) in [7, 11) is 0. The minimum Gasteiger partial charge on any atom is -0.339 e. The summed E-state index contributed by atoms with van der Waals surface area (Å²) in [5.41, 5.74) is 0.661. The zero-order valence-electron chi connectivity index (χ0n) is 13.6. The third-order valence-electron chi connectivity index (χ3n) is 4.22. The second kappa shape index (κ2) is 7.66. The van der Waals surface area contributed by atoms with Gasteiger partial charge in [0.15, 0.2) is 0 Å². The van der Waals surface area contributed by atoms with Crippen molar-refractivity contribution in [2.24, 2.45) is 0 Å². The average Bonchev–Trinajstić information content (AvgIpc) is 2.62. The normalized spacial score (nSPS) is 14.2. The first kappa shape index (κ1) is 17.4. The van der Waals surface area contributed by atoms with Gasteiger partial charge < -0.3 is 10.2 Å². The smallest absolute Gasteiger partial charge is 0.258 e. The summed E-state index contributed by atoms with van der Waals surface area (Å²) in [6, 6.07) is 10.6. The summed E-state index contributed by atoms with van der Waals surface area (Å²) >= 11 is 5.71. The maximum Gasteiger partial charge on any atom is 0.258 e. The third kappa shape index (κ3) is 3.99. The molecule has 1 heterocycles. The van der Waals surface area contributed by atoms with Crippen molar-refractivity contribution >= 4 is 29.1 Å². The highest BCUT2D eigenvalue weighted by atomic mass is 35.5. The van der Waals surface area contributed by atoms with Gasteiger partial charge in [-0.3, -0.25) is 9.59 Å². The van der Waals surface area contributed by atoms with Crippen LogP contribution in [0.3, 0.4) is 0 Å². The molecule has 1 aliphatic rings. The van der Waals surface area contributed by atoms with Crippen molar-refractivity contribution in [3.8, 4) is 0 Å². The number of carbonyl (C=O) groups excluding carboxylic acids is 2. The van der Waals surface area contributed by atoms with E-state index in [1.807, 2.05) is 0 Å². The van der Waals surface area contributed by atoms with Crippen LogP contribution in [-0.4, -0.2) is 29.8 Å². The molecule has 1 N–H and O–H groups in total. The molecule has 2 aromatic rings. The number of likely N-dealkylation sites (tertiary alicyclic amines) is 1. The molecule has 2 aromatic carbocycles. The largest absolute Gasteiger partial charge is 0.339 e. The highest BCUT2D eigenvalue weighted by molar-refractivity contribution is 6.30. The molecule has 0 radical (unpaired) electrons. The molecular weight excluding hydrogens is 343 g/mol. The first-order valence-corrected chi connectivity index (χ1v) is 8.59. The van der Waals surface area contributed by atoms with Crippen molar-refractivity contribution in [3.63, 3.8) is 0 Å². The summed E-state index contributed by atoms with van der Waals surface area (Å²) in [6.07, 6.45) is 3.09. The van der Waals surface area contributed by atoms with Gasteiger partial charge in [0.25, 0.3) is 11.8 Å². The summed E-state index contributed by atoms with van der Waals surface area (Å²) in [5.74, 6) is -1.44. The van der Waals surface area contributed by atoms with E-state index in [9.17, 15) is 14.0 Å². The fourth-order valence-corrected chi connectivity index (χ4v) is 3.07. The molecule has 1 fully saturated rings. The summed E-state index contributed by atoms with van der Waals surface area (Å²) in [5, 5.41) is 2.85. The Morgan fingerprint density at radius 3 is 2.44 bits per heavy atom. The molecule has 4 nitrogen and oxygen atoms in total. The monoisotopic (exact) mass is 360 g/mol. The number of nitrogens with one attached hydrogen (secondary N) is 1. The lowest BCUT2D eigenvalue weighted by atomic mass is 10.1. The highest BCUT2D eigenvalue weighted by Crippen LogP contribution is 2.22. The lowest BCUT2D eigenvalue weighted by Gasteiger charge is -2.27. The summed E-state index contributed by atoms with van der Waals surface area (Å²) < 4.78 is 13.9. The molecule has 0 aromatic heterocycles. The minimum absolute atomic E-state index is 0.118. The van der Waals surface area contributed by atoms with Gasteiger partial charge in [0.1, 0.15) is 5.82 Å². The van der Waals surface area contributed by atoms with Gasteiger partial charge in [0, 0.05) is 18.1 Å². The van der Waals surface area contributed by atoms with E-state index in [2.05, 4.69) is 5.32 Å². The van der Waals surface area contributed by atoms with Crippen LogP contribution in [0.4, 0.5) is 10.1 Å². The maximum absolute atomic E-state index is 13.9. The predicted molar refractivity (Wildman–Crippen MR) is 95.6 cm³/mol. The number of benzene rings is 2. The Labute approximate surface area is 150 Å². The van der Waals surface area contributed by atoms with E-state index in [1.165, 1.54) is 12.1 Å². The van der Waals surface area contributed by atoms with Crippen LogP contribution in [0.2, 0.25) is 5.02 Å². The van der Waals surface area contributed by atoms with E-state index in [1.54, 1.807) is 29.2 Å². The number of rotatable bonds is 3. The van der Waals surface area contributed by atoms with Crippen molar-refractivity contribution in [3.05, 3.63) is 64.4 Å². The fraction of sp³-hybridized carbons (Fsp3) is 0.263. The SMILES string of the molecule is O=C(Nc1ccccc1C(=O)N1CCCCC1)c1ccc(Cl)cc1F. The van der Waals surface area contributed by atoms with Crippen LogP contribution in [0.15, 0.2) is 42.5 Å². The number of amides is 2. The quantitative estimate of drug-likeness (QED) is 0.884. The number of hydrogen-bond donors (Lipinski definition) is 1. The van der Waals surface area contributed by atoms with Crippen LogP contribution >= 0.6 is 11.6 Å². The Morgan fingerprint density at radius 1 is 1.00 bits per heavy atom. The van der Waals surface area contributed by atoms with Gasteiger partial charge in [0.2, 0.25) is 0 Å². The molecule has 1 aliphatic heterocycles. The van der Waals surface area contributed by atoms with E-state index in [0.717, 1.165) is 25.3 Å². The van der Waals surface area contributed by atoms with Crippen LogP contribution in [0.1, 0.15) is 40.0 Å². The Hall–Kier alpha value is -2.40. The minimum atomic E-state index is -0.704. The first-order chi connectivity index (χ1) is 12.1. The molecule has 0 atom stereocenters. The van der Waals surface area contributed by atoms with Crippen molar-refractivity contribution in [1.82, 2.24) is 4.90 Å². The van der Waals surface area contributed by atoms with Gasteiger partial charge in [-0.05, 0) is 49.6 Å². The Balaban J connectivity index is 1.83. The van der Waals surface area contributed by atoms with Gasteiger partial charge in [-0.2, -0.15) is 0 Å². The van der Waals surface area contributed by atoms with Crippen LogP contribution in [0, 0.1) is 5.82 Å². The molecule has 1 saturated heterocycles. The number of piperidine rings is 1. The standard InChI is InChI=1S/C19H18ClFN2O2/c20-13-8-9-14(16(21)12-13)18(24)22-17-7-3-2-6-15(17)19(25)23-10-4-1-5-11-23/h2-3,6-9,12H,1,4-5,10-11H2,(H,22,24). The number of hydrogen-bond acceptors (Lipinski definition) is 2.